The van der Waals surface area contributed by atoms with E-state index in [2.05, 4.69) is 15.3 Å². The second-order valence-electron chi connectivity index (χ2n) is 4.68. The summed E-state index contributed by atoms with van der Waals surface area (Å²) in [5.74, 6) is -0.586. The first-order valence-electron chi connectivity index (χ1n) is 6.56. The first-order chi connectivity index (χ1) is 10.1. The van der Waals surface area contributed by atoms with Gasteiger partial charge >= 0.3 is 0 Å². The van der Waals surface area contributed by atoms with Crippen LogP contribution < -0.4 is 10.1 Å². The maximum atomic E-state index is 13.0. The third kappa shape index (κ3) is 4.24. The molecule has 5 nitrogen and oxygen atoms in total. The van der Waals surface area contributed by atoms with E-state index in [1.807, 2.05) is 19.9 Å². The smallest absolute Gasteiger partial charge is 0.251 e. The molecular weight excluding hydrogens is 273 g/mol. The lowest BCUT2D eigenvalue weighted by Crippen LogP contribution is -2.23. The molecule has 2 aromatic heterocycles. The second kappa shape index (κ2) is 6.78. The number of amides is 1. The molecule has 0 aliphatic carbocycles. The number of hydrogen-bond donors (Lipinski definition) is 1. The van der Waals surface area contributed by atoms with Crippen LogP contribution in [-0.2, 0) is 6.54 Å². The van der Waals surface area contributed by atoms with Gasteiger partial charge in [-0.1, -0.05) is 6.07 Å². The molecule has 6 heteroatoms. The molecule has 0 radical (unpaired) electrons. The van der Waals surface area contributed by atoms with Gasteiger partial charge in [-0.15, -0.1) is 0 Å². The van der Waals surface area contributed by atoms with Crippen molar-refractivity contribution < 1.29 is 13.9 Å². The van der Waals surface area contributed by atoms with E-state index < -0.39 is 5.95 Å². The SMILES string of the molecule is CC(C)Oc1ncccc1CNC(=O)c1ccnc(F)c1. The van der Waals surface area contributed by atoms with Crippen LogP contribution in [0.3, 0.4) is 0 Å². The topological polar surface area (TPSA) is 64.1 Å². The molecular formula is C15H16FN3O2. The Labute approximate surface area is 122 Å². The van der Waals surface area contributed by atoms with E-state index in [0.29, 0.717) is 5.88 Å². The monoisotopic (exact) mass is 289 g/mol. The highest BCUT2D eigenvalue weighted by molar-refractivity contribution is 5.93. The predicted octanol–water partition coefficient (Wildman–Crippen LogP) is 2.33. The van der Waals surface area contributed by atoms with Crippen molar-refractivity contribution in [2.75, 3.05) is 0 Å². The van der Waals surface area contributed by atoms with E-state index >= 15 is 0 Å². The molecule has 0 aromatic carbocycles. The van der Waals surface area contributed by atoms with E-state index in [1.54, 1.807) is 12.3 Å². The summed E-state index contributed by atoms with van der Waals surface area (Å²) in [6, 6.07) is 6.12. The number of halogens is 1. The van der Waals surface area contributed by atoms with Gasteiger partial charge in [0.1, 0.15) is 0 Å². The van der Waals surface area contributed by atoms with Crippen LogP contribution >= 0.6 is 0 Å². The summed E-state index contributed by atoms with van der Waals surface area (Å²) >= 11 is 0. The summed E-state index contributed by atoms with van der Waals surface area (Å²) in [4.78, 5) is 19.5. The minimum Gasteiger partial charge on any atom is -0.475 e. The third-order valence-electron chi connectivity index (χ3n) is 2.63. The Morgan fingerprint density at radius 2 is 2.14 bits per heavy atom. The Balaban J connectivity index is 2.04. The van der Waals surface area contributed by atoms with Gasteiger partial charge in [-0.3, -0.25) is 4.79 Å². The minimum absolute atomic E-state index is 0.0105. The minimum atomic E-state index is -0.687. The predicted molar refractivity (Wildman–Crippen MR) is 75.4 cm³/mol. The van der Waals surface area contributed by atoms with E-state index in [0.717, 1.165) is 11.6 Å². The van der Waals surface area contributed by atoms with Crippen molar-refractivity contribution in [1.29, 1.82) is 0 Å². The molecule has 1 amide bonds. The number of carbonyl (C=O) groups is 1. The summed E-state index contributed by atoms with van der Waals surface area (Å²) in [5.41, 5.74) is 0.979. The Kier molecular flexibility index (Phi) is 4.81. The number of ether oxygens (including phenoxy) is 1. The van der Waals surface area contributed by atoms with Crippen molar-refractivity contribution in [2.45, 2.75) is 26.5 Å². The van der Waals surface area contributed by atoms with Gasteiger partial charge in [0.05, 0.1) is 6.10 Å². The molecule has 2 heterocycles. The van der Waals surface area contributed by atoms with Crippen molar-refractivity contribution in [1.82, 2.24) is 15.3 Å². The molecule has 0 unspecified atom stereocenters. The molecule has 110 valence electrons. The van der Waals surface area contributed by atoms with Gasteiger partial charge < -0.3 is 10.1 Å². The van der Waals surface area contributed by atoms with E-state index in [9.17, 15) is 9.18 Å². The average Bonchev–Trinajstić information content (AvgIpc) is 2.45. The quantitative estimate of drug-likeness (QED) is 0.858. The largest absolute Gasteiger partial charge is 0.475 e. The van der Waals surface area contributed by atoms with Crippen molar-refractivity contribution in [3.05, 3.63) is 53.7 Å². The molecule has 1 N–H and O–H groups in total. The lowest BCUT2D eigenvalue weighted by atomic mass is 10.2. The molecule has 0 fully saturated rings. The van der Waals surface area contributed by atoms with E-state index in [4.69, 9.17) is 4.74 Å². The molecule has 21 heavy (non-hydrogen) atoms. The van der Waals surface area contributed by atoms with Crippen molar-refractivity contribution >= 4 is 5.91 Å². The number of nitrogens with zero attached hydrogens (tertiary/aromatic N) is 2. The van der Waals surface area contributed by atoms with Crippen LogP contribution in [0.25, 0.3) is 0 Å². The summed E-state index contributed by atoms with van der Waals surface area (Å²) in [7, 11) is 0. The zero-order valence-corrected chi connectivity index (χ0v) is 11.8. The summed E-state index contributed by atoms with van der Waals surface area (Å²) < 4.78 is 18.5. The third-order valence-corrected chi connectivity index (χ3v) is 2.63. The van der Waals surface area contributed by atoms with Crippen LogP contribution in [0.5, 0.6) is 5.88 Å². The standard InChI is InChI=1S/C15H16FN3O2/c1-10(2)21-15-12(4-3-6-18-15)9-19-14(20)11-5-7-17-13(16)8-11/h3-8,10H,9H2,1-2H3,(H,19,20). The maximum absolute atomic E-state index is 13.0. The van der Waals surface area contributed by atoms with Gasteiger partial charge in [-0.2, -0.15) is 4.39 Å². The van der Waals surface area contributed by atoms with Crippen LogP contribution in [-0.4, -0.2) is 22.0 Å². The Bertz CT molecular complexity index is 632. The number of pyridine rings is 2. The maximum Gasteiger partial charge on any atom is 0.251 e. The van der Waals surface area contributed by atoms with E-state index in [-0.39, 0.29) is 24.1 Å². The molecule has 0 spiro atoms. The molecule has 0 saturated carbocycles. The van der Waals surface area contributed by atoms with Gasteiger partial charge in [0.2, 0.25) is 11.8 Å². The van der Waals surface area contributed by atoms with Crippen LogP contribution in [0, 0.1) is 5.95 Å². The van der Waals surface area contributed by atoms with Gasteiger partial charge in [-0.05, 0) is 26.0 Å². The normalized spacial score (nSPS) is 10.5. The zero-order chi connectivity index (χ0) is 15.2. The number of nitrogens with one attached hydrogen (secondary N) is 1. The van der Waals surface area contributed by atoms with Crippen molar-refractivity contribution in [3.63, 3.8) is 0 Å². The highest BCUT2D eigenvalue weighted by atomic mass is 19.1. The molecule has 2 aromatic rings. The van der Waals surface area contributed by atoms with Crippen LogP contribution in [0.2, 0.25) is 0 Å². The Morgan fingerprint density at radius 1 is 1.33 bits per heavy atom. The molecule has 0 saturated heterocycles. The number of hydrogen-bond acceptors (Lipinski definition) is 4. The second-order valence-corrected chi connectivity index (χ2v) is 4.68. The fourth-order valence-electron chi connectivity index (χ4n) is 1.71. The number of carbonyl (C=O) groups excluding carboxylic acids is 1. The fourth-order valence-corrected chi connectivity index (χ4v) is 1.71. The molecule has 0 bridgehead atoms. The van der Waals surface area contributed by atoms with Crippen LogP contribution in [0.4, 0.5) is 4.39 Å². The molecule has 0 atom stereocenters. The van der Waals surface area contributed by atoms with Gasteiger partial charge in [-0.25, -0.2) is 9.97 Å². The number of aromatic nitrogens is 2. The summed E-state index contributed by atoms with van der Waals surface area (Å²) in [6.45, 7) is 4.05. The highest BCUT2D eigenvalue weighted by Crippen LogP contribution is 2.15. The summed E-state index contributed by atoms with van der Waals surface area (Å²) in [5, 5.41) is 2.70. The average molecular weight is 289 g/mol. The van der Waals surface area contributed by atoms with Crippen molar-refractivity contribution in [3.8, 4) is 5.88 Å². The molecule has 2 rings (SSSR count). The lowest BCUT2D eigenvalue weighted by molar-refractivity contribution is 0.0949. The van der Waals surface area contributed by atoms with Gasteiger partial charge in [0.15, 0.2) is 0 Å². The Morgan fingerprint density at radius 3 is 2.86 bits per heavy atom. The van der Waals surface area contributed by atoms with Crippen LogP contribution in [0.1, 0.15) is 29.8 Å². The number of rotatable bonds is 5. The summed E-state index contributed by atoms with van der Waals surface area (Å²) in [6.07, 6.45) is 2.87. The van der Waals surface area contributed by atoms with Crippen molar-refractivity contribution in [2.24, 2.45) is 0 Å². The van der Waals surface area contributed by atoms with Gasteiger partial charge in [0, 0.05) is 36.1 Å². The Hall–Kier alpha value is -2.50. The van der Waals surface area contributed by atoms with E-state index in [1.165, 1.54) is 12.3 Å². The van der Waals surface area contributed by atoms with Gasteiger partial charge in [0.25, 0.3) is 5.91 Å². The van der Waals surface area contributed by atoms with Crippen LogP contribution in [0.15, 0.2) is 36.7 Å². The first kappa shape index (κ1) is 14.9. The fraction of sp³-hybridized carbons (Fsp3) is 0.267. The lowest BCUT2D eigenvalue weighted by Gasteiger charge is -2.13. The highest BCUT2D eigenvalue weighted by Gasteiger charge is 2.10. The first-order valence-corrected chi connectivity index (χ1v) is 6.56. The zero-order valence-electron chi connectivity index (χ0n) is 11.8. The molecule has 0 aliphatic heterocycles. The molecule has 0 aliphatic rings.